The van der Waals surface area contributed by atoms with Crippen molar-refractivity contribution in [2.24, 2.45) is 0 Å². The minimum absolute atomic E-state index is 0.0714. The maximum absolute atomic E-state index is 12.8. The smallest absolute Gasteiger partial charge is 0.306 e. The molecule has 0 aromatic rings. The van der Waals surface area contributed by atoms with Crippen LogP contribution < -0.4 is 0 Å². The molecule has 1 unspecified atom stereocenters. The summed E-state index contributed by atoms with van der Waals surface area (Å²) in [6, 6.07) is 0. The van der Waals surface area contributed by atoms with Gasteiger partial charge in [0.05, 0.1) is 0 Å². The van der Waals surface area contributed by atoms with Crippen LogP contribution in [0.2, 0.25) is 0 Å². The van der Waals surface area contributed by atoms with Gasteiger partial charge in [-0.1, -0.05) is 283 Å². The van der Waals surface area contributed by atoms with Crippen LogP contribution in [0.15, 0.2) is 24.3 Å². The van der Waals surface area contributed by atoms with Gasteiger partial charge in [-0.05, 0) is 51.4 Å². The maximum atomic E-state index is 12.8. The van der Waals surface area contributed by atoms with Crippen LogP contribution in [0.3, 0.4) is 0 Å². The number of unbranched alkanes of at least 4 members (excludes halogenated alkanes) is 40. The fourth-order valence-electron chi connectivity index (χ4n) is 8.95. The minimum atomic E-state index is -0.773. The zero-order valence-corrected chi connectivity index (χ0v) is 45.2. The van der Waals surface area contributed by atoms with Gasteiger partial charge in [0, 0.05) is 19.3 Å². The summed E-state index contributed by atoms with van der Waals surface area (Å²) in [7, 11) is 0. The average molecular weight is 944 g/mol. The molecule has 0 saturated carbocycles. The highest BCUT2D eigenvalue weighted by atomic mass is 16.6. The number of carbonyl (C=O) groups is 3. The number of allylic oxidation sites excluding steroid dienone is 4. The zero-order valence-electron chi connectivity index (χ0n) is 45.2. The first-order valence-electron chi connectivity index (χ1n) is 29.8. The summed E-state index contributed by atoms with van der Waals surface area (Å²) < 4.78 is 16.9. The Bertz CT molecular complexity index is 1080. The van der Waals surface area contributed by atoms with Crippen molar-refractivity contribution < 1.29 is 28.6 Å². The molecule has 0 heterocycles. The molecule has 0 aliphatic heterocycles. The third kappa shape index (κ3) is 54.7. The predicted octanol–water partition coefficient (Wildman–Crippen LogP) is 19.9. The Kier molecular flexibility index (Phi) is 54.7. The molecule has 0 saturated heterocycles. The molecule has 0 aromatic carbocycles. The molecule has 0 aliphatic rings. The Labute approximate surface area is 417 Å². The number of esters is 3. The van der Waals surface area contributed by atoms with E-state index in [4.69, 9.17) is 14.2 Å². The SMILES string of the molecule is CCCCCC/C=C\C/C=C\CCCCCCCC(=O)OC(COC(=O)CCCCCCCCCCCCCCC)COC(=O)CCCCCCCCCCCCCCCCCCCCCC. The maximum Gasteiger partial charge on any atom is 0.306 e. The zero-order chi connectivity index (χ0) is 48.6. The van der Waals surface area contributed by atoms with E-state index in [-0.39, 0.29) is 31.1 Å². The van der Waals surface area contributed by atoms with E-state index < -0.39 is 6.10 Å². The third-order valence-corrected chi connectivity index (χ3v) is 13.5. The predicted molar refractivity (Wildman–Crippen MR) is 289 cm³/mol. The van der Waals surface area contributed by atoms with Crippen molar-refractivity contribution in [1.82, 2.24) is 0 Å². The molecule has 6 heteroatoms. The summed E-state index contributed by atoms with van der Waals surface area (Å²) in [6.45, 7) is 6.67. The molecular weight excluding hydrogens is 829 g/mol. The highest BCUT2D eigenvalue weighted by Gasteiger charge is 2.19. The fraction of sp³-hybridized carbons (Fsp3) is 0.885. The van der Waals surface area contributed by atoms with E-state index in [1.165, 1.54) is 212 Å². The number of carbonyl (C=O) groups excluding carboxylic acids is 3. The summed E-state index contributed by atoms with van der Waals surface area (Å²) in [5.74, 6) is -0.862. The van der Waals surface area contributed by atoms with E-state index in [0.29, 0.717) is 19.3 Å². The van der Waals surface area contributed by atoms with Crippen LogP contribution in [0.4, 0.5) is 0 Å². The molecule has 394 valence electrons. The number of rotatable bonds is 55. The van der Waals surface area contributed by atoms with Crippen molar-refractivity contribution in [2.45, 2.75) is 335 Å². The lowest BCUT2D eigenvalue weighted by molar-refractivity contribution is -0.167. The van der Waals surface area contributed by atoms with Gasteiger partial charge in [0.25, 0.3) is 0 Å². The van der Waals surface area contributed by atoms with Crippen LogP contribution in [0.25, 0.3) is 0 Å². The van der Waals surface area contributed by atoms with Gasteiger partial charge in [-0.15, -0.1) is 0 Å². The van der Waals surface area contributed by atoms with Gasteiger partial charge in [-0.25, -0.2) is 0 Å². The number of ether oxygens (including phenoxy) is 3. The van der Waals surface area contributed by atoms with Crippen molar-refractivity contribution in [3.05, 3.63) is 24.3 Å². The molecule has 0 N–H and O–H groups in total. The van der Waals surface area contributed by atoms with Gasteiger partial charge in [-0.2, -0.15) is 0 Å². The largest absolute Gasteiger partial charge is 0.462 e. The number of hydrogen-bond acceptors (Lipinski definition) is 6. The summed E-state index contributed by atoms with van der Waals surface area (Å²) in [5, 5.41) is 0. The van der Waals surface area contributed by atoms with Crippen LogP contribution in [-0.4, -0.2) is 37.2 Å². The van der Waals surface area contributed by atoms with Gasteiger partial charge in [0.15, 0.2) is 6.10 Å². The van der Waals surface area contributed by atoms with E-state index in [1.807, 2.05) is 0 Å². The first kappa shape index (κ1) is 64.9. The lowest BCUT2D eigenvalue weighted by atomic mass is 10.0. The third-order valence-electron chi connectivity index (χ3n) is 13.5. The van der Waals surface area contributed by atoms with E-state index in [0.717, 1.165) is 77.0 Å². The molecule has 1 atom stereocenters. The molecule has 0 rings (SSSR count). The Hall–Kier alpha value is -2.11. The first-order chi connectivity index (χ1) is 33.0. The van der Waals surface area contributed by atoms with Gasteiger partial charge in [0.2, 0.25) is 0 Å². The molecule has 0 aromatic heterocycles. The molecule has 0 fully saturated rings. The van der Waals surface area contributed by atoms with Crippen LogP contribution >= 0.6 is 0 Å². The second-order valence-corrected chi connectivity index (χ2v) is 20.3. The molecule has 67 heavy (non-hydrogen) atoms. The number of hydrogen-bond donors (Lipinski definition) is 0. The van der Waals surface area contributed by atoms with Gasteiger partial charge in [-0.3, -0.25) is 14.4 Å². The molecule has 0 spiro atoms. The van der Waals surface area contributed by atoms with Gasteiger partial charge >= 0.3 is 17.9 Å². The summed E-state index contributed by atoms with van der Waals surface area (Å²) >= 11 is 0. The van der Waals surface area contributed by atoms with Crippen LogP contribution in [-0.2, 0) is 28.6 Å². The monoisotopic (exact) mass is 943 g/mol. The topological polar surface area (TPSA) is 78.9 Å². The standard InChI is InChI=1S/C61H114O6/c1-4-7-10-13-16-19-22-25-27-29-30-31-32-34-36-39-42-45-48-51-54-60(63)66-57-58(56-65-59(62)53-50-47-44-41-38-35-24-21-18-15-12-9-6-3)67-61(64)55-52-49-46-43-40-37-33-28-26-23-20-17-14-11-8-5-2/h20,23,28,33,58H,4-19,21-22,24-27,29-32,34-57H2,1-3H3/b23-20-,33-28-. The molecule has 0 bridgehead atoms. The molecule has 0 amide bonds. The van der Waals surface area contributed by atoms with Crippen molar-refractivity contribution in [3.8, 4) is 0 Å². The summed E-state index contributed by atoms with van der Waals surface area (Å²) in [5.41, 5.74) is 0. The second-order valence-electron chi connectivity index (χ2n) is 20.3. The summed E-state index contributed by atoms with van der Waals surface area (Å²) in [6.07, 6.45) is 66.0. The highest BCUT2D eigenvalue weighted by Crippen LogP contribution is 2.17. The van der Waals surface area contributed by atoms with E-state index >= 15 is 0 Å². The highest BCUT2D eigenvalue weighted by molar-refractivity contribution is 5.71. The van der Waals surface area contributed by atoms with Crippen molar-refractivity contribution in [3.63, 3.8) is 0 Å². The minimum Gasteiger partial charge on any atom is -0.462 e. The van der Waals surface area contributed by atoms with Crippen LogP contribution in [0.1, 0.15) is 329 Å². The van der Waals surface area contributed by atoms with Crippen molar-refractivity contribution in [1.29, 1.82) is 0 Å². The quantitative estimate of drug-likeness (QED) is 0.0262. The average Bonchev–Trinajstić information content (AvgIpc) is 3.33. The lowest BCUT2D eigenvalue weighted by Crippen LogP contribution is -2.30. The van der Waals surface area contributed by atoms with Crippen LogP contribution in [0.5, 0.6) is 0 Å². The van der Waals surface area contributed by atoms with Gasteiger partial charge < -0.3 is 14.2 Å². The van der Waals surface area contributed by atoms with Crippen molar-refractivity contribution in [2.75, 3.05) is 13.2 Å². The second kappa shape index (κ2) is 56.5. The molecule has 0 radical (unpaired) electrons. The first-order valence-corrected chi connectivity index (χ1v) is 29.8. The molecule has 6 nitrogen and oxygen atoms in total. The Balaban J connectivity index is 4.30. The Morgan fingerprint density at radius 1 is 0.299 bits per heavy atom. The van der Waals surface area contributed by atoms with Crippen LogP contribution in [0, 0.1) is 0 Å². The van der Waals surface area contributed by atoms with E-state index in [9.17, 15) is 14.4 Å². The van der Waals surface area contributed by atoms with Crippen molar-refractivity contribution >= 4 is 17.9 Å². The fourth-order valence-corrected chi connectivity index (χ4v) is 8.95. The Morgan fingerprint density at radius 2 is 0.537 bits per heavy atom. The molecular formula is C61H114O6. The van der Waals surface area contributed by atoms with E-state index in [1.54, 1.807) is 0 Å². The Morgan fingerprint density at radius 3 is 0.836 bits per heavy atom. The molecule has 0 aliphatic carbocycles. The normalized spacial score (nSPS) is 12.1. The summed E-state index contributed by atoms with van der Waals surface area (Å²) in [4.78, 5) is 38.2. The van der Waals surface area contributed by atoms with E-state index in [2.05, 4.69) is 45.1 Å². The van der Waals surface area contributed by atoms with Gasteiger partial charge in [0.1, 0.15) is 13.2 Å². The lowest BCUT2D eigenvalue weighted by Gasteiger charge is -2.18.